The van der Waals surface area contributed by atoms with Crippen LogP contribution in [0.1, 0.15) is 48.6 Å². The Hall–Kier alpha value is -1.71. The highest BCUT2D eigenvalue weighted by Crippen LogP contribution is 2.33. The zero-order valence-corrected chi connectivity index (χ0v) is 17.8. The minimum absolute atomic E-state index is 0.428. The first-order chi connectivity index (χ1) is 14.0. The maximum absolute atomic E-state index is 11.9. The lowest BCUT2D eigenvalue weighted by molar-refractivity contribution is 0.0844. The van der Waals surface area contributed by atoms with Gasteiger partial charge in [-0.2, -0.15) is 13.9 Å². The molecule has 0 amide bonds. The van der Waals surface area contributed by atoms with Crippen LogP contribution in [0.15, 0.2) is 6.07 Å². The molecule has 0 atom stereocenters. The van der Waals surface area contributed by atoms with Gasteiger partial charge in [0.05, 0.1) is 11.9 Å². The van der Waals surface area contributed by atoms with Gasteiger partial charge < -0.3 is 9.64 Å². The summed E-state index contributed by atoms with van der Waals surface area (Å²) in [5.41, 5.74) is 4.53. The van der Waals surface area contributed by atoms with Crippen molar-refractivity contribution in [1.82, 2.24) is 18.9 Å². The number of sulfonamides is 1. The zero-order chi connectivity index (χ0) is 20.0. The lowest BCUT2D eigenvalue weighted by atomic mass is 9.95. The average molecular weight is 420 g/mol. The molecule has 0 aromatic carbocycles. The molecular weight excluding hydrogens is 390 g/mol. The van der Waals surface area contributed by atoms with Gasteiger partial charge in [0.25, 0.3) is 0 Å². The van der Waals surface area contributed by atoms with Crippen LogP contribution in [0.3, 0.4) is 0 Å². The molecule has 1 aliphatic carbocycles. The Morgan fingerprint density at radius 2 is 1.79 bits per heavy atom. The number of fused-ring (bicyclic) bond motifs is 2. The molecule has 2 fully saturated rings. The van der Waals surface area contributed by atoms with Crippen molar-refractivity contribution in [2.24, 2.45) is 0 Å². The molecule has 2 saturated heterocycles. The second-order valence-corrected chi connectivity index (χ2v) is 10.4. The van der Waals surface area contributed by atoms with Gasteiger partial charge in [-0.3, -0.25) is 0 Å². The number of aromatic nitrogens is 3. The SMILES string of the molecule is CS(=O)(=O)N1CCN(c2c3c(nc4cc(C5CCOCC5)nn24)CCCC3)CC1. The van der Waals surface area contributed by atoms with Gasteiger partial charge in [-0.05, 0) is 38.5 Å². The van der Waals surface area contributed by atoms with Gasteiger partial charge in [0.15, 0.2) is 5.65 Å². The fourth-order valence-electron chi connectivity index (χ4n) is 4.89. The molecule has 3 aliphatic rings. The summed E-state index contributed by atoms with van der Waals surface area (Å²) in [4.78, 5) is 7.30. The number of nitrogens with zero attached hydrogens (tertiary/aromatic N) is 5. The number of hydrogen-bond acceptors (Lipinski definition) is 6. The Morgan fingerprint density at radius 3 is 2.52 bits per heavy atom. The van der Waals surface area contributed by atoms with Crippen molar-refractivity contribution in [3.8, 4) is 0 Å². The molecule has 0 radical (unpaired) electrons. The minimum atomic E-state index is -3.14. The fourth-order valence-corrected chi connectivity index (χ4v) is 5.72. The van der Waals surface area contributed by atoms with Crippen LogP contribution in [0.2, 0.25) is 0 Å². The highest BCUT2D eigenvalue weighted by molar-refractivity contribution is 7.88. The molecule has 0 saturated carbocycles. The van der Waals surface area contributed by atoms with E-state index in [0.29, 0.717) is 32.1 Å². The van der Waals surface area contributed by atoms with E-state index in [1.54, 1.807) is 4.31 Å². The Balaban J connectivity index is 1.54. The van der Waals surface area contributed by atoms with Crippen LogP contribution in [-0.4, -0.2) is 73.0 Å². The number of anilines is 1. The van der Waals surface area contributed by atoms with E-state index >= 15 is 0 Å². The molecule has 8 nitrogen and oxygen atoms in total. The molecule has 2 aromatic rings. The van der Waals surface area contributed by atoms with Crippen LogP contribution in [-0.2, 0) is 27.6 Å². The van der Waals surface area contributed by atoms with Crippen LogP contribution in [0.5, 0.6) is 0 Å². The highest BCUT2D eigenvalue weighted by atomic mass is 32.2. The predicted molar refractivity (Wildman–Crippen MR) is 111 cm³/mol. The second kappa shape index (κ2) is 7.52. The van der Waals surface area contributed by atoms with Crippen molar-refractivity contribution < 1.29 is 13.2 Å². The molecule has 0 N–H and O–H groups in total. The van der Waals surface area contributed by atoms with Gasteiger partial charge in [0.1, 0.15) is 5.82 Å². The van der Waals surface area contributed by atoms with Gasteiger partial charge in [-0.15, -0.1) is 0 Å². The summed E-state index contributed by atoms with van der Waals surface area (Å²) in [6.07, 6.45) is 7.69. The van der Waals surface area contributed by atoms with Crippen molar-refractivity contribution in [2.45, 2.75) is 44.4 Å². The smallest absolute Gasteiger partial charge is 0.211 e. The van der Waals surface area contributed by atoms with Crippen LogP contribution < -0.4 is 4.90 Å². The molecule has 0 bridgehead atoms. The topological polar surface area (TPSA) is 80.0 Å². The largest absolute Gasteiger partial charge is 0.381 e. The summed E-state index contributed by atoms with van der Waals surface area (Å²) < 4.78 is 33.0. The van der Waals surface area contributed by atoms with E-state index in [-0.39, 0.29) is 0 Å². The fraction of sp³-hybridized carbons (Fsp3) is 0.700. The Bertz CT molecular complexity index is 1000. The summed E-state index contributed by atoms with van der Waals surface area (Å²) >= 11 is 0. The lowest BCUT2D eigenvalue weighted by Gasteiger charge is -2.36. The molecule has 9 heteroatoms. The molecule has 29 heavy (non-hydrogen) atoms. The van der Waals surface area contributed by atoms with Crippen molar-refractivity contribution >= 4 is 21.5 Å². The first-order valence-electron chi connectivity index (χ1n) is 10.7. The zero-order valence-electron chi connectivity index (χ0n) is 17.0. The molecule has 158 valence electrons. The van der Waals surface area contributed by atoms with E-state index in [2.05, 4.69) is 11.0 Å². The van der Waals surface area contributed by atoms with E-state index < -0.39 is 10.0 Å². The molecule has 5 rings (SSSR count). The molecule has 0 spiro atoms. The standard InChI is InChI=1S/C20H29N5O3S/c1-29(26,27)24-10-8-23(9-11-24)20-16-4-2-3-5-17(16)21-19-14-18(22-25(19)20)15-6-12-28-13-7-15/h14-15H,2-13H2,1H3. The summed E-state index contributed by atoms with van der Waals surface area (Å²) in [7, 11) is -3.14. The van der Waals surface area contributed by atoms with Crippen LogP contribution >= 0.6 is 0 Å². The van der Waals surface area contributed by atoms with E-state index in [0.717, 1.165) is 56.1 Å². The van der Waals surface area contributed by atoms with Crippen LogP contribution in [0, 0.1) is 0 Å². The normalized spacial score (nSPS) is 22.2. The summed E-state index contributed by atoms with van der Waals surface area (Å²) in [6.45, 7) is 4.00. The lowest BCUT2D eigenvalue weighted by Crippen LogP contribution is -2.49. The quantitative estimate of drug-likeness (QED) is 0.752. The van der Waals surface area contributed by atoms with Crippen molar-refractivity contribution in [3.05, 3.63) is 23.0 Å². The monoisotopic (exact) mass is 419 g/mol. The number of hydrogen-bond donors (Lipinski definition) is 0. The summed E-state index contributed by atoms with van der Waals surface area (Å²) in [5.74, 6) is 1.56. The van der Waals surface area contributed by atoms with E-state index in [4.69, 9.17) is 14.8 Å². The van der Waals surface area contributed by atoms with Gasteiger partial charge >= 0.3 is 0 Å². The maximum atomic E-state index is 11.9. The van der Waals surface area contributed by atoms with E-state index in [1.807, 2.05) is 4.52 Å². The first-order valence-corrected chi connectivity index (χ1v) is 12.5. The van der Waals surface area contributed by atoms with Crippen molar-refractivity contribution in [1.29, 1.82) is 0 Å². The third-order valence-electron chi connectivity index (χ3n) is 6.51. The molecule has 2 aromatic heterocycles. The number of aryl methyl sites for hydroxylation is 1. The van der Waals surface area contributed by atoms with Gasteiger partial charge in [-0.25, -0.2) is 13.4 Å². The summed E-state index contributed by atoms with van der Waals surface area (Å²) in [6, 6.07) is 2.15. The first kappa shape index (κ1) is 19.3. The molecular formula is C20H29N5O3S. The van der Waals surface area contributed by atoms with Crippen LogP contribution in [0.25, 0.3) is 5.65 Å². The maximum Gasteiger partial charge on any atom is 0.211 e. The molecule has 2 aliphatic heterocycles. The molecule has 4 heterocycles. The van der Waals surface area contributed by atoms with E-state index in [9.17, 15) is 8.42 Å². The Morgan fingerprint density at radius 1 is 1.07 bits per heavy atom. The second-order valence-electron chi connectivity index (χ2n) is 8.44. The highest BCUT2D eigenvalue weighted by Gasteiger charge is 2.29. The number of rotatable bonds is 3. The average Bonchev–Trinajstić information content (AvgIpc) is 3.15. The molecule has 0 unspecified atom stereocenters. The third-order valence-corrected chi connectivity index (χ3v) is 7.82. The minimum Gasteiger partial charge on any atom is -0.381 e. The third kappa shape index (κ3) is 3.64. The Kier molecular flexibility index (Phi) is 4.99. The van der Waals surface area contributed by atoms with Gasteiger partial charge in [-0.1, -0.05) is 0 Å². The van der Waals surface area contributed by atoms with Crippen molar-refractivity contribution in [2.75, 3.05) is 50.5 Å². The Labute approximate surface area is 171 Å². The van der Waals surface area contributed by atoms with Gasteiger partial charge in [0.2, 0.25) is 10.0 Å². The van der Waals surface area contributed by atoms with Gasteiger partial charge in [0, 0.05) is 62.6 Å². The van der Waals surface area contributed by atoms with Crippen LogP contribution in [0.4, 0.5) is 5.82 Å². The van der Waals surface area contributed by atoms with Crippen molar-refractivity contribution in [3.63, 3.8) is 0 Å². The van der Waals surface area contributed by atoms with E-state index in [1.165, 1.54) is 30.4 Å². The summed E-state index contributed by atoms with van der Waals surface area (Å²) in [5, 5.41) is 5.01. The number of piperazine rings is 1. The predicted octanol–water partition coefficient (Wildman–Crippen LogP) is 1.58. The number of ether oxygens (including phenoxy) is 1.